The van der Waals surface area contributed by atoms with Gasteiger partial charge in [-0.1, -0.05) is 57.2 Å². The Hall–Kier alpha value is -3.15. The molecule has 1 fully saturated rings. The summed E-state index contributed by atoms with van der Waals surface area (Å²) in [5.74, 6) is -0.390. The Morgan fingerprint density at radius 3 is 2.37 bits per heavy atom. The molecule has 0 unspecified atom stereocenters. The predicted octanol–water partition coefficient (Wildman–Crippen LogP) is 5.46. The highest BCUT2D eigenvalue weighted by atomic mass is 16.6. The normalized spacial score (nSPS) is 30.5. The number of hydrogen-bond acceptors (Lipinski definition) is 5. The van der Waals surface area contributed by atoms with Crippen LogP contribution in [0.2, 0.25) is 0 Å². The second-order valence-corrected chi connectivity index (χ2v) is 12.4. The van der Waals surface area contributed by atoms with Crippen LogP contribution in [-0.4, -0.2) is 35.9 Å². The number of aliphatic imine (C=N–C) groups is 1. The highest BCUT2D eigenvalue weighted by Gasteiger charge is 2.78. The molecule has 0 saturated heterocycles. The van der Waals surface area contributed by atoms with Crippen molar-refractivity contribution in [3.63, 3.8) is 0 Å². The van der Waals surface area contributed by atoms with E-state index in [0.717, 1.165) is 29.9 Å². The van der Waals surface area contributed by atoms with Gasteiger partial charge >= 0.3 is 6.09 Å². The van der Waals surface area contributed by atoms with Crippen LogP contribution >= 0.6 is 0 Å². The van der Waals surface area contributed by atoms with Crippen LogP contribution in [-0.2, 0) is 20.4 Å². The summed E-state index contributed by atoms with van der Waals surface area (Å²) in [5.41, 5.74) is 2.53. The zero-order valence-corrected chi connectivity index (χ0v) is 21.3. The van der Waals surface area contributed by atoms with E-state index in [9.17, 15) is 9.59 Å². The Bertz CT molecular complexity index is 1300. The number of imide groups is 1. The molecule has 0 bridgehead atoms. The molecule has 6 rings (SSSR count). The van der Waals surface area contributed by atoms with Gasteiger partial charge in [-0.15, -0.1) is 0 Å². The quantitative estimate of drug-likeness (QED) is 0.554. The fraction of sp³-hybridized carbons (Fsp3) is 0.483. The smallest absolute Gasteiger partial charge is 0.421 e. The number of rotatable bonds is 0. The zero-order chi connectivity index (χ0) is 25.0. The molecular formula is C29H33N3O3. The Kier molecular flexibility index (Phi) is 4.30. The summed E-state index contributed by atoms with van der Waals surface area (Å²) in [5, 5.41) is 3.79. The van der Waals surface area contributed by atoms with Crippen molar-refractivity contribution >= 4 is 29.1 Å². The van der Waals surface area contributed by atoms with Crippen LogP contribution in [0.1, 0.15) is 59.1 Å². The Morgan fingerprint density at radius 2 is 1.69 bits per heavy atom. The van der Waals surface area contributed by atoms with E-state index in [1.54, 1.807) is 0 Å². The maximum Gasteiger partial charge on any atom is 0.421 e. The predicted molar refractivity (Wildman–Crippen MR) is 137 cm³/mol. The lowest BCUT2D eigenvalue weighted by Gasteiger charge is -2.42. The van der Waals surface area contributed by atoms with Gasteiger partial charge in [0.25, 0.3) is 0 Å². The lowest BCUT2D eigenvalue weighted by atomic mass is 9.61. The standard InChI is InChI=1S/C29H33N3O3/c1-26(2,3)21-22-28(15-16-30-22)17-11-7-9-13-19(17)31-23(28)29(21)18-12-8-10-14-20(18)32(24(29)33)25(34)35-27(4,5)6/h7-14,21,23,31H,15-16H2,1-6H3/t21-,23+,28+,29-/m0/s1. The van der Waals surface area contributed by atoms with Gasteiger partial charge in [0.2, 0.25) is 5.91 Å². The first-order chi connectivity index (χ1) is 16.4. The Morgan fingerprint density at radius 1 is 1.03 bits per heavy atom. The van der Waals surface area contributed by atoms with Gasteiger partial charge in [-0.25, -0.2) is 9.69 Å². The van der Waals surface area contributed by atoms with Crippen molar-refractivity contribution in [1.29, 1.82) is 0 Å². The van der Waals surface area contributed by atoms with Gasteiger partial charge in [-0.05, 0) is 55.9 Å². The molecule has 3 heterocycles. The molecule has 1 aliphatic carbocycles. The van der Waals surface area contributed by atoms with Crippen LogP contribution in [0.15, 0.2) is 53.5 Å². The van der Waals surface area contributed by atoms with Crippen molar-refractivity contribution < 1.29 is 14.3 Å². The molecule has 6 nitrogen and oxygen atoms in total. The topological polar surface area (TPSA) is 71.0 Å². The minimum atomic E-state index is -0.982. The van der Waals surface area contributed by atoms with E-state index in [1.807, 2.05) is 51.1 Å². The van der Waals surface area contributed by atoms with Crippen LogP contribution in [0, 0.1) is 11.3 Å². The molecule has 182 valence electrons. The third-order valence-corrected chi connectivity index (χ3v) is 8.22. The number of amides is 2. The average Bonchev–Trinajstić information content (AvgIpc) is 3.44. The minimum Gasteiger partial charge on any atom is -0.443 e. The molecule has 3 aliphatic heterocycles. The first-order valence-electron chi connectivity index (χ1n) is 12.5. The molecule has 35 heavy (non-hydrogen) atoms. The maximum atomic E-state index is 14.8. The van der Waals surface area contributed by atoms with Crippen LogP contribution in [0.5, 0.6) is 0 Å². The van der Waals surface area contributed by atoms with Gasteiger partial charge in [-0.2, -0.15) is 0 Å². The number of carbonyl (C=O) groups is 2. The first kappa shape index (κ1) is 22.3. The third kappa shape index (κ3) is 2.63. The van der Waals surface area contributed by atoms with Crippen molar-refractivity contribution in [3.8, 4) is 0 Å². The zero-order valence-electron chi connectivity index (χ0n) is 21.3. The van der Waals surface area contributed by atoms with Gasteiger partial charge in [0.1, 0.15) is 11.0 Å². The maximum absolute atomic E-state index is 14.8. The van der Waals surface area contributed by atoms with E-state index in [-0.39, 0.29) is 28.7 Å². The monoisotopic (exact) mass is 471 g/mol. The molecule has 4 atom stereocenters. The molecule has 2 aromatic carbocycles. The van der Waals surface area contributed by atoms with Gasteiger partial charge in [0, 0.05) is 23.9 Å². The molecule has 4 aliphatic rings. The van der Waals surface area contributed by atoms with Gasteiger partial charge in [-0.3, -0.25) is 9.79 Å². The summed E-state index contributed by atoms with van der Waals surface area (Å²) in [6, 6.07) is 15.9. The molecule has 1 saturated carbocycles. The molecule has 0 radical (unpaired) electrons. The number of nitrogens with zero attached hydrogens (tertiary/aromatic N) is 2. The fourth-order valence-corrected chi connectivity index (χ4v) is 7.42. The summed E-state index contributed by atoms with van der Waals surface area (Å²) >= 11 is 0. The number of ether oxygens (including phenoxy) is 1. The summed E-state index contributed by atoms with van der Waals surface area (Å²) in [4.78, 5) is 34.8. The lowest BCUT2D eigenvalue weighted by Crippen LogP contribution is -2.57. The highest BCUT2D eigenvalue weighted by molar-refractivity contribution is 6.26. The molecule has 1 N–H and O–H groups in total. The second-order valence-electron chi connectivity index (χ2n) is 12.4. The van der Waals surface area contributed by atoms with E-state index in [1.165, 1.54) is 10.5 Å². The number of fused-ring (bicyclic) bond motifs is 4. The molecule has 2 aromatic rings. The molecular weight excluding hydrogens is 438 g/mol. The molecule has 2 amide bonds. The minimum absolute atomic E-state index is 0.176. The van der Waals surface area contributed by atoms with E-state index in [0.29, 0.717) is 5.69 Å². The van der Waals surface area contributed by atoms with E-state index in [4.69, 9.17) is 9.73 Å². The lowest BCUT2D eigenvalue weighted by molar-refractivity contribution is -0.125. The third-order valence-electron chi connectivity index (χ3n) is 8.22. The number of hydrogen-bond donors (Lipinski definition) is 1. The number of carbonyl (C=O) groups excluding carboxylic acids is 2. The number of nitrogens with one attached hydrogen (secondary N) is 1. The Labute approximate surface area is 206 Å². The Balaban J connectivity index is 1.64. The van der Waals surface area contributed by atoms with Gasteiger partial charge in [0.05, 0.1) is 17.1 Å². The number of benzene rings is 2. The summed E-state index contributed by atoms with van der Waals surface area (Å²) in [6.07, 6.45) is 0.232. The van der Waals surface area contributed by atoms with Crippen molar-refractivity contribution in [3.05, 3.63) is 59.7 Å². The van der Waals surface area contributed by atoms with Crippen LogP contribution < -0.4 is 10.2 Å². The summed E-state index contributed by atoms with van der Waals surface area (Å²) in [6.45, 7) is 12.8. The van der Waals surface area contributed by atoms with E-state index >= 15 is 0 Å². The van der Waals surface area contributed by atoms with Crippen molar-refractivity contribution in [2.45, 2.75) is 70.4 Å². The van der Waals surface area contributed by atoms with E-state index < -0.39 is 17.1 Å². The molecule has 0 aromatic heterocycles. The van der Waals surface area contributed by atoms with Crippen LogP contribution in [0.4, 0.5) is 16.2 Å². The van der Waals surface area contributed by atoms with Gasteiger partial charge in [0.15, 0.2) is 0 Å². The van der Waals surface area contributed by atoms with Crippen molar-refractivity contribution in [2.24, 2.45) is 16.3 Å². The number of anilines is 2. The van der Waals surface area contributed by atoms with Crippen molar-refractivity contribution in [1.82, 2.24) is 0 Å². The summed E-state index contributed by atoms with van der Waals surface area (Å²) in [7, 11) is 0. The largest absolute Gasteiger partial charge is 0.443 e. The van der Waals surface area contributed by atoms with Crippen molar-refractivity contribution in [2.75, 3.05) is 16.8 Å². The van der Waals surface area contributed by atoms with Crippen LogP contribution in [0.25, 0.3) is 0 Å². The highest BCUT2D eigenvalue weighted by Crippen LogP contribution is 2.68. The molecule has 6 heteroatoms. The fourth-order valence-electron chi connectivity index (χ4n) is 7.42. The van der Waals surface area contributed by atoms with Gasteiger partial charge < -0.3 is 10.1 Å². The first-order valence-corrected chi connectivity index (χ1v) is 12.5. The number of para-hydroxylation sites is 2. The second kappa shape index (κ2) is 6.74. The summed E-state index contributed by atoms with van der Waals surface area (Å²) < 4.78 is 5.75. The van der Waals surface area contributed by atoms with E-state index in [2.05, 4.69) is 44.3 Å². The SMILES string of the molecule is CC(C)(C)OC(=O)N1C(=O)[C@@]2(c3ccccc31)[C@H](C(C)(C)C)C1=NCC[C@@]13c1ccccc1N[C@@H]23. The van der Waals surface area contributed by atoms with Crippen LogP contribution in [0.3, 0.4) is 0 Å². The molecule has 2 spiro atoms. The average molecular weight is 472 g/mol.